The number of hydrogen-bond acceptors (Lipinski definition) is 7. The van der Waals surface area contributed by atoms with E-state index in [1.54, 1.807) is 29.1 Å². The Kier molecular flexibility index (Phi) is 9.07. The molecule has 0 bridgehead atoms. The van der Waals surface area contributed by atoms with Gasteiger partial charge in [-0.3, -0.25) is 19.3 Å². The number of rotatable bonds is 8. The molecule has 9 nitrogen and oxygen atoms in total. The number of nitrogens with zero attached hydrogens (tertiary/aromatic N) is 4. The Bertz CT molecular complexity index is 1830. The first-order chi connectivity index (χ1) is 22.9. The Morgan fingerprint density at radius 3 is 2.49 bits per heavy atom. The standard InChI is InChI=1S/C37H41N5O4S/c1-24-28(8-5-9-29(24)39-35(43)33-22-27-7-3-4-10-32(27)47-33)31-23-40(2)36(44)30(38-31)21-25-11-13-26(14-12-25)34(41-15-6-16-41)37(45)42-17-19-46-20-18-42/h5,8-9,11-14,22-23,34H,3-4,6-7,10,15-21H2,1-2H3,(H,39,43). The summed E-state index contributed by atoms with van der Waals surface area (Å²) in [4.78, 5) is 51.1. The second-order valence-corrected chi connectivity index (χ2v) is 14.0. The number of fused-ring (bicyclic) bond motifs is 1. The van der Waals surface area contributed by atoms with E-state index in [1.807, 2.05) is 60.4 Å². The Hall–Kier alpha value is -4.12. The van der Waals surface area contributed by atoms with Gasteiger partial charge in [0.1, 0.15) is 11.7 Å². The first kappa shape index (κ1) is 31.5. The highest BCUT2D eigenvalue weighted by Gasteiger charge is 2.34. The van der Waals surface area contributed by atoms with Crippen LogP contribution in [0.5, 0.6) is 0 Å². The fourth-order valence-electron chi connectivity index (χ4n) is 6.82. The van der Waals surface area contributed by atoms with Crippen molar-refractivity contribution < 1.29 is 14.3 Å². The minimum absolute atomic E-state index is 0.0924. The van der Waals surface area contributed by atoms with Crippen LogP contribution < -0.4 is 10.9 Å². The van der Waals surface area contributed by atoms with Gasteiger partial charge in [0.2, 0.25) is 5.91 Å². The molecule has 2 amide bonds. The number of likely N-dealkylation sites (tertiary alicyclic amines) is 1. The average molecular weight is 652 g/mol. The Labute approximate surface area is 279 Å². The molecule has 1 atom stereocenters. The van der Waals surface area contributed by atoms with Crippen molar-refractivity contribution in [1.82, 2.24) is 19.4 Å². The number of aryl methyl sites for hydroxylation is 3. The van der Waals surface area contributed by atoms with Gasteiger partial charge in [0.25, 0.3) is 11.5 Å². The van der Waals surface area contributed by atoms with Gasteiger partial charge < -0.3 is 19.5 Å². The lowest BCUT2D eigenvalue weighted by atomic mass is 9.97. The van der Waals surface area contributed by atoms with E-state index >= 15 is 0 Å². The number of morpholine rings is 1. The van der Waals surface area contributed by atoms with Crippen molar-refractivity contribution in [2.24, 2.45) is 7.05 Å². The lowest BCUT2D eigenvalue weighted by molar-refractivity contribution is -0.143. The predicted molar refractivity (Wildman–Crippen MR) is 184 cm³/mol. The van der Waals surface area contributed by atoms with Crippen LogP contribution in [-0.2, 0) is 35.8 Å². The number of thiophene rings is 1. The third kappa shape index (κ3) is 6.54. The zero-order valence-electron chi connectivity index (χ0n) is 27.1. The molecule has 10 heteroatoms. The Balaban J connectivity index is 1.10. The van der Waals surface area contributed by atoms with Crippen LogP contribution in [0.1, 0.15) is 67.8 Å². The van der Waals surface area contributed by atoms with E-state index in [4.69, 9.17) is 9.72 Å². The summed E-state index contributed by atoms with van der Waals surface area (Å²) >= 11 is 1.60. The molecule has 7 rings (SSSR count). The molecule has 4 heterocycles. The molecular formula is C37H41N5O4S. The van der Waals surface area contributed by atoms with Gasteiger partial charge in [-0.15, -0.1) is 11.3 Å². The molecule has 244 valence electrons. The third-order valence-corrected chi connectivity index (χ3v) is 10.9. The van der Waals surface area contributed by atoms with E-state index in [1.165, 1.54) is 23.3 Å². The van der Waals surface area contributed by atoms with Crippen LogP contribution in [0.3, 0.4) is 0 Å². The third-order valence-electron chi connectivity index (χ3n) is 9.70. The van der Waals surface area contributed by atoms with Crippen LogP contribution >= 0.6 is 11.3 Å². The molecule has 2 saturated heterocycles. The molecule has 1 unspecified atom stereocenters. The summed E-state index contributed by atoms with van der Waals surface area (Å²) in [6, 6.07) is 15.6. The van der Waals surface area contributed by atoms with Crippen LogP contribution in [-0.4, -0.2) is 70.6 Å². The number of nitrogens with one attached hydrogen (secondary N) is 1. The predicted octanol–water partition coefficient (Wildman–Crippen LogP) is 5.14. The maximum atomic E-state index is 13.5. The minimum atomic E-state index is -0.300. The quantitative estimate of drug-likeness (QED) is 0.283. The fourth-order valence-corrected chi connectivity index (χ4v) is 7.97. The van der Waals surface area contributed by atoms with E-state index in [9.17, 15) is 14.4 Å². The average Bonchev–Trinajstić information content (AvgIpc) is 3.51. The van der Waals surface area contributed by atoms with E-state index in [0.29, 0.717) is 44.1 Å². The SMILES string of the molecule is Cc1c(NC(=O)c2cc3c(s2)CCCC3)cccc1-c1cn(C)c(=O)c(Cc2ccc(C(C(=O)N3CCOCC3)N3CCC3)cc2)n1. The van der Waals surface area contributed by atoms with Gasteiger partial charge in [0.15, 0.2) is 0 Å². The fraction of sp³-hybridized carbons (Fsp3) is 0.405. The van der Waals surface area contributed by atoms with Crippen LogP contribution in [0.15, 0.2) is 59.5 Å². The number of aromatic nitrogens is 2. The molecule has 0 spiro atoms. The van der Waals surface area contributed by atoms with Gasteiger partial charge in [0, 0.05) is 62.0 Å². The van der Waals surface area contributed by atoms with Crippen molar-refractivity contribution in [1.29, 1.82) is 0 Å². The van der Waals surface area contributed by atoms with Crippen molar-refractivity contribution in [2.45, 2.75) is 51.5 Å². The van der Waals surface area contributed by atoms with Crippen molar-refractivity contribution >= 4 is 28.8 Å². The normalized spacial score (nSPS) is 17.1. The summed E-state index contributed by atoms with van der Waals surface area (Å²) in [5.74, 6) is 0.0393. The van der Waals surface area contributed by atoms with Gasteiger partial charge in [-0.25, -0.2) is 4.98 Å². The molecular weight excluding hydrogens is 611 g/mol. The highest BCUT2D eigenvalue weighted by Crippen LogP contribution is 2.32. The topological polar surface area (TPSA) is 96.8 Å². The minimum Gasteiger partial charge on any atom is -0.378 e. The summed E-state index contributed by atoms with van der Waals surface area (Å²) in [7, 11) is 1.74. The Morgan fingerprint density at radius 1 is 1.00 bits per heavy atom. The molecule has 2 aromatic heterocycles. The zero-order valence-corrected chi connectivity index (χ0v) is 27.9. The number of carbonyl (C=O) groups excluding carboxylic acids is 2. The highest BCUT2D eigenvalue weighted by molar-refractivity contribution is 7.14. The van der Waals surface area contributed by atoms with Crippen molar-refractivity contribution in [3.63, 3.8) is 0 Å². The summed E-state index contributed by atoms with van der Waals surface area (Å²) in [5.41, 5.74) is 6.69. The van der Waals surface area contributed by atoms with E-state index in [0.717, 1.165) is 65.2 Å². The highest BCUT2D eigenvalue weighted by atomic mass is 32.1. The lowest BCUT2D eigenvalue weighted by Gasteiger charge is -2.40. The number of ether oxygens (including phenoxy) is 1. The lowest BCUT2D eigenvalue weighted by Crippen LogP contribution is -2.51. The molecule has 1 N–H and O–H groups in total. The van der Waals surface area contributed by atoms with E-state index in [2.05, 4.69) is 10.2 Å². The molecule has 0 saturated carbocycles. The second-order valence-electron chi connectivity index (χ2n) is 12.8. The maximum absolute atomic E-state index is 13.5. The van der Waals surface area contributed by atoms with E-state index < -0.39 is 0 Å². The van der Waals surface area contributed by atoms with Crippen molar-refractivity contribution in [3.05, 3.63) is 103 Å². The molecule has 0 radical (unpaired) electrons. The zero-order chi connectivity index (χ0) is 32.5. The van der Waals surface area contributed by atoms with Crippen LogP contribution in [0.25, 0.3) is 11.3 Å². The second kappa shape index (κ2) is 13.5. The molecule has 1 aliphatic carbocycles. The van der Waals surface area contributed by atoms with Crippen LogP contribution in [0, 0.1) is 6.92 Å². The Morgan fingerprint density at radius 2 is 1.77 bits per heavy atom. The van der Waals surface area contributed by atoms with Gasteiger partial charge in [-0.1, -0.05) is 36.4 Å². The van der Waals surface area contributed by atoms with E-state index in [-0.39, 0.29) is 23.4 Å². The molecule has 4 aromatic rings. The van der Waals surface area contributed by atoms with Gasteiger partial charge in [-0.05, 0) is 73.4 Å². The van der Waals surface area contributed by atoms with Crippen LogP contribution in [0.2, 0.25) is 0 Å². The molecule has 2 aliphatic heterocycles. The van der Waals surface area contributed by atoms with Gasteiger partial charge >= 0.3 is 0 Å². The first-order valence-corrected chi connectivity index (χ1v) is 17.5. The molecule has 47 heavy (non-hydrogen) atoms. The molecule has 2 fully saturated rings. The van der Waals surface area contributed by atoms with Crippen molar-refractivity contribution in [3.8, 4) is 11.3 Å². The summed E-state index contributed by atoms with van der Waals surface area (Å²) < 4.78 is 7.04. The van der Waals surface area contributed by atoms with Gasteiger partial charge in [-0.2, -0.15) is 0 Å². The largest absolute Gasteiger partial charge is 0.378 e. The molecule has 2 aromatic carbocycles. The monoisotopic (exact) mass is 651 g/mol. The summed E-state index contributed by atoms with van der Waals surface area (Å²) in [6.07, 6.45) is 7.69. The van der Waals surface area contributed by atoms with Crippen molar-refractivity contribution in [2.75, 3.05) is 44.7 Å². The first-order valence-electron chi connectivity index (χ1n) is 16.6. The van der Waals surface area contributed by atoms with Gasteiger partial charge in [0.05, 0.1) is 23.8 Å². The summed E-state index contributed by atoms with van der Waals surface area (Å²) in [5, 5.41) is 3.12. The number of carbonyl (C=O) groups is 2. The maximum Gasteiger partial charge on any atom is 0.272 e. The number of hydrogen-bond donors (Lipinski definition) is 1. The summed E-state index contributed by atoms with van der Waals surface area (Å²) in [6.45, 7) is 6.20. The number of anilines is 1. The molecule has 3 aliphatic rings. The smallest absolute Gasteiger partial charge is 0.272 e. The number of benzene rings is 2. The van der Waals surface area contributed by atoms with Crippen LogP contribution in [0.4, 0.5) is 5.69 Å². The number of amides is 2.